The monoisotopic (exact) mass is 513 g/mol. The molecule has 37 heavy (non-hydrogen) atoms. The van der Waals surface area contributed by atoms with Crippen LogP contribution in [0.1, 0.15) is 37.3 Å². The molecule has 2 fully saturated rings. The molecule has 2 amide bonds. The van der Waals surface area contributed by atoms with Crippen LogP contribution in [0.25, 0.3) is 11.1 Å². The Morgan fingerprint density at radius 2 is 2.05 bits per heavy atom. The minimum Gasteiger partial charge on any atom is -0.368 e. The summed E-state index contributed by atoms with van der Waals surface area (Å²) in [6, 6.07) is 11.6. The Balaban J connectivity index is 1.71. The van der Waals surface area contributed by atoms with Crippen LogP contribution < -0.4 is 11.1 Å². The van der Waals surface area contributed by atoms with Gasteiger partial charge in [0.25, 0.3) is 0 Å². The lowest BCUT2D eigenvalue weighted by molar-refractivity contribution is -0.284. The van der Waals surface area contributed by atoms with Gasteiger partial charge in [0.15, 0.2) is 0 Å². The van der Waals surface area contributed by atoms with Crippen molar-refractivity contribution in [2.75, 3.05) is 32.8 Å². The lowest BCUT2D eigenvalue weighted by Gasteiger charge is -2.43. The molecule has 0 radical (unpaired) electrons. The quantitative estimate of drug-likeness (QED) is 0.468. The zero-order chi connectivity index (χ0) is 26.6. The maximum atomic E-state index is 15.4. The molecular weight excluding hydrogens is 477 g/mol. The number of carbonyl (C=O) groups excluding carboxylic acids is 2. The van der Waals surface area contributed by atoms with E-state index in [1.54, 1.807) is 30.0 Å². The number of nitrogens with zero attached hydrogens (tertiary/aromatic N) is 1. The number of halogens is 1. The van der Waals surface area contributed by atoms with Crippen molar-refractivity contribution in [2.45, 2.75) is 51.0 Å². The second-order valence-corrected chi connectivity index (χ2v) is 9.88. The highest BCUT2D eigenvalue weighted by molar-refractivity contribution is 5.79. The molecule has 1 aliphatic heterocycles. The Morgan fingerprint density at radius 1 is 1.27 bits per heavy atom. The molecular formula is C28H36FN3O5. The van der Waals surface area contributed by atoms with Crippen LogP contribution in [-0.4, -0.2) is 66.8 Å². The highest BCUT2D eigenvalue weighted by Gasteiger charge is 2.47. The fourth-order valence-corrected chi connectivity index (χ4v) is 5.27. The number of carbonyl (C=O) groups is 2. The standard InChI is InChI=1S/C28H36FN3O5/c1-3-31-25(33)17-37-28(35,22-8-5-9-23(29)26(22)19-7-4-6-18(2)14-19)24-16-32(12-13-36-24)27(34)20-10-11-21(30)15-20/h4-9,14,20-21,24,35H,3,10-13,15-17,30H2,1-2H3,(H,31,33)/t20-,21+,24-,28+/m1/s1. The van der Waals surface area contributed by atoms with Gasteiger partial charge in [-0.05, 0) is 44.7 Å². The van der Waals surface area contributed by atoms with E-state index in [0.717, 1.165) is 18.4 Å². The lowest BCUT2D eigenvalue weighted by Crippen LogP contribution is -2.57. The van der Waals surface area contributed by atoms with E-state index >= 15 is 4.39 Å². The number of hydrogen-bond donors (Lipinski definition) is 3. The predicted molar refractivity (Wildman–Crippen MR) is 137 cm³/mol. The number of nitrogens with one attached hydrogen (secondary N) is 1. The van der Waals surface area contributed by atoms with Crippen molar-refractivity contribution < 1.29 is 28.6 Å². The van der Waals surface area contributed by atoms with Crippen molar-refractivity contribution in [3.05, 3.63) is 59.4 Å². The first kappa shape index (κ1) is 27.2. The van der Waals surface area contributed by atoms with E-state index in [1.165, 1.54) is 12.1 Å². The Morgan fingerprint density at radius 3 is 2.76 bits per heavy atom. The zero-order valence-electron chi connectivity index (χ0n) is 21.4. The van der Waals surface area contributed by atoms with Crippen LogP contribution in [0, 0.1) is 18.7 Å². The van der Waals surface area contributed by atoms with Crippen LogP contribution in [0.4, 0.5) is 4.39 Å². The molecule has 0 aromatic heterocycles. The first-order chi connectivity index (χ1) is 17.7. The predicted octanol–water partition coefficient (Wildman–Crippen LogP) is 2.45. The summed E-state index contributed by atoms with van der Waals surface area (Å²) in [6.07, 6.45) is 1.09. The van der Waals surface area contributed by atoms with Gasteiger partial charge < -0.3 is 30.5 Å². The number of morpholine rings is 1. The summed E-state index contributed by atoms with van der Waals surface area (Å²) < 4.78 is 27.2. The van der Waals surface area contributed by atoms with E-state index < -0.39 is 30.2 Å². The molecule has 2 aliphatic rings. The minimum absolute atomic E-state index is 0.00677. The maximum Gasteiger partial charge on any atom is 0.246 e. The second-order valence-electron chi connectivity index (χ2n) is 9.88. The summed E-state index contributed by atoms with van der Waals surface area (Å²) in [6.45, 7) is 4.14. The largest absolute Gasteiger partial charge is 0.368 e. The van der Waals surface area contributed by atoms with E-state index in [1.807, 2.05) is 19.1 Å². The Bertz CT molecular complexity index is 1130. The van der Waals surface area contributed by atoms with Gasteiger partial charge in [-0.25, -0.2) is 4.39 Å². The number of aryl methyl sites for hydroxylation is 1. The van der Waals surface area contributed by atoms with Crippen LogP contribution in [0.3, 0.4) is 0 Å². The number of likely N-dealkylation sites (N-methyl/N-ethyl adjacent to an activating group) is 1. The number of nitrogens with two attached hydrogens (primary N) is 1. The molecule has 4 rings (SSSR count). The van der Waals surface area contributed by atoms with E-state index in [2.05, 4.69) is 5.32 Å². The smallest absolute Gasteiger partial charge is 0.246 e. The first-order valence-electron chi connectivity index (χ1n) is 12.9. The average molecular weight is 514 g/mol. The van der Waals surface area contributed by atoms with Crippen LogP contribution in [-0.2, 0) is 24.8 Å². The van der Waals surface area contributed by atoms with Crippen molar-refractivity contribution in [1.29, 1.82) is 0 Å². The van der Waals surface area contributed by atoms with Gasteiger partial charge in [-0.1, -0.05) is 42.0 Å². The molecule has 1 saturated heterocycles. The van der Waals surface area contributed by atoms with Gasteiger partial charge in [0, 0.05) is 36.2 Å². The molecule has 4 atom stereocenters. The molecule has 4 N–H and O–H groups in total. The van der Waals surface area contributed by atoms with Gasteiger partial charge in [0.05, 0.1) is 13.2 Å². The zero-order valence-corrected chi connectivity index (χ0v) is 21.4. The van der Waals surface area contributed by atoms with Gasteiger partial charge >= 0.3 is 0 Å². The molecule has 2 aromatic rings. The summed E-state index contributed by atoms with van der Waals surface area (Å²) in [4.78, 5) is 27.2. The summed E-state index contributed by atoms with van der Waals surface area (Å²) in [5.74, 6) is -3.40. The SMILES string of the molecule is CCNC(=O)CO[C@@](O)(c1cccc(F)c1-c1cccc(C)c1)[C@H]1CN(C(=O)[C@@H]2CC[C@H](N)C2)CCO1. The van der Waals surface area contributed by atoms with E-state index in [4.69, 9.17) is 15.2 Å². The molecule has 200 valence electrons. The number of aliphatic hydroxyl groups is 1. The second kappa shape index (κ2) is 11.7. The van der Waals surface area contributed by atoms with Gasteiger partial charge in [-0.2, -0.15) is 0 Å². The molecule has 0 bridgehead atoms. The molecule has 0 spiro atoms. The van der Waals surface area contributed by atoms with Crippen molar-refractivity contribution in [3.8, 4) is 11.1 Å². The summed E-state index contributed by atoms with van der Waals surface area (Å²) in [7, 11) is 0. The fourth-order valence-electron chi connectivity index (χ4n) is 5.27. The maximum absolute atomic E-state index is 15.4. The van der Waals surface area contributed by atoms with E-state index in [9.17, 15) is 14.7 Å². The van der Waals surface area contributed by atoms with Crippen LogP contribution >= 0.6 is 0 Å². The van der Waals surface area contributed by atoms with Crippen molar-refractivity contribution >= 4 is 11.8 Å². The highest BCUT2D eigenvalue weighted by atomic mass is 19.1. The summed E-state index contributed by atoms with van der Waals surface area (Å²) in [5, 5.41) is 14.8. The first-order valence-corrected chi connectivity index (χ1v) is 12.9. The molecule has 2 aromatic carbocycles. The van der Waals surface area contributed by atoms with Crippen LogP contribution in [0.2, 0.25) is 0 Å². The summed E-state index contributed by atoms with van der Waals surface area (Å²) >= 11 is 0. The number of amides is 2. The normalized spacial score (nSPS) is 23.5. The Kier molecular flexibility index (Phi) is 8.59. The Hall–Kier alpha value is -2.85. The van der Waals surface area contributed by atoms with Crippen molar-refractivity contribution in [2.24, 2.45) is 11.7 Å². The number of ether oxygens (including phenoxy) is 2. The minimum atomic E-state index is -2.21. The third kappa shape index (κ3) is 6.01. The van der Waals surface area contributed by atoms with Gasteiger partial charge in [0.1, 0.15) is 18.5 Å². The highest BCUT2D eigenvalue weighted by Crippen LogP contribution is 2.39. The topological polar surface area (TPSA) is 114 Å². The third-order valence-corrected chi connectivity index (χ3v) is 7.14. The van der Waals surface area contributed by atoms with Crippen LogP contribution in [0.15, 0.2) is 42.5 Å². The number of rotatable bonds is 8. The molecule has 1 heterocycles. The number of benzene rings is 2. The molecule has 1 saturated carbocycles. The van der Waals surface area contributed by atoms with Gasteiger partial charge in [0.2, 0.25) is 17.6 Å². The lowest BCUT2D eigenvalue weighted by atomic mass is 9.89. The fraction of sp³-hybridized carbons (Fsp3) is 0.500. The van der Waals surface area contributed by atoms with Crippen molar-refractivity contribution in [3.63, 3.8) is 0 Å². The van der Waals surface area contributed by atoms with Gasteiger partial charge in [-0.15, -0.1) is 0 Å². The van der Waals surface area contributed by atoms with Crippen molar-refractivity contribution in [1.82, 2.24) is 10.2 Å². The van der Waals surface area contributed by atoms with Gasteiger partial charge in [-0.3, -0.25) is 9.59 Å². The third-order valence-electron chi connectivity index (χ3n) is 7.14. The molecule has 0 unspecified atom stereocenters. The van der Waals surface area contributed by atoms with Crippen LogP contribution in [0.5, 0.6) is 0 Å². The number of hydrogen-bond acceptors (Lipinski definition) is 6. The van der Waals surface area contributed by atoms with E-state index in [0.29, 0.717) is 25.1 Å². The summed E-state index contributed by atoms with van der Waals surface area (Å²) in [5.41, 5.74) is 7.77. The van der Waals surface area contributed by atoms with E-state index in [-0.39, 0.29) is 42.1 Å². The molecule has 1 aliphatic carbocycles. The Labute approximate surface area is 216 Å². The molecule has 9 heteroatoms. The average Bonchev–Trinajstić information content (AvgIpc) is 3.33. The molecule has 8 nitrogen and oxygen atoms in total.